The smallest absolute Gasteiger partial charge is 0.437 e. The summed E-state index contributed by atoms with van der Waals surface area (Å²) in [4.78, 5) is 24.5. The zero-order valence-electron chi connectivity index (χ0n) is 12.8. The molecule has 0 spiro atoms. The maximum atomic E-state index is 13.6. The van der Waals surface area contributed by atoms with Gasteiger partial charge in [-0.1, -0.05) is 6.07 Å². The zero-order valence-corrected chi connectivity index (χ0v) is 13.6. The van der Waals surface area contributed by atoms with Crippen LogP contribution in [0, 0.1) is 12.8 Å². The first kappa shape index (κ1) is 17.5. The van der Waals surface area contributed by atoms with Crippen molar-refractivity contribution in [2.45, 2.75) is 24.9 Å². The molecule has 10 heteroatoms. The Bertz CT molecular complexity index is 802. The molecule has 3 rings (SSSR count). The molecule has 3 N–H and O–H groups in total. The molecule has 1 saturated heterocycles. The predicted octanol–water partition coefficient (Wildman–Crippen LogP) is 2.75. The van der Waals surface area contributed by atoms with Gasteiger partial charge in [0.25, 0.3) is 0 Å². The van der Waals surface area contributed by atoms with E-state index in [1.54, 1.807) is 6.92 Å². The molecule has 0 aliphatic carbocycles. The number of amides is 2. The summed E-state index contributed by atoms with van der Waals surface area (Å²) in [6.07, 6.45) is -5.28. The fourth-order valence-corrected chi connectivity index (χ4v) is 3.47. The highest BCUT2D eigenvalue weighted by Gasteiger charge is 2.67. The van der Waals surface area contributed by atoms with Crippen molar-refractivity contribution < 1.29 is 32.3 Å². The predicted molar refractivity (Wildman–Crippen MR) is 81.0 cm³/mol. The Kier molecular flexibility index (Phi) is 4.12. The van der Waals surface area contributed by atoms with E-state index in [1.165, 1.54) is 35.0 Å². The zero-order chi connectivity index (χ0) is 18.4. The molecule has 1 aliphatic heterocycles. The summed E-state index contributed by atoms with van der Waals surface area (Å²) in [6.45, 7) is 1.57. The molecule has 25 heavy (non-hydrogen) atoms. The third kappa shape index (κ3) is 2.91. The van der Waals surface area contributed by atoms with E-state index in [0.29, 0.717) is 5.76 Å². The number of alkyl halides is 3. The number of hydrogen-bond donors (Lipinski definition) is 3. The lowest BCUT2D eigenvalue weighted by atomic mass is 9.80. The minimum Gasteiger partial charge on any atom is -0.464 e. The monoisotopic (exact) mass is 374 g/mol. The topological polar surface area (TPSA) is 91.6 Å². The second kappa shape index (κ2) is 5.88. The van der Waals surface area contributed by atoms with Gasteiger partial charge in [-0.25, -0.2) is 4.79 Å². The normalized spacial score (nSPS) is 26.8. The molecule has 2 aromatic heterocycles. The molecule has 0 bridgehead atoms. The van der Waals surface area contributed by atoms with Crippen LogP contribution < -0.4 is 10.6 Å². The molecule has 1 aliphatic rings. The molecule has 6 nitrogen and oxygen atoms in total. The maximum Gasteiger partial charge on any atom is 0.437 e. The van der Waals surface area contributed by atoms with Crippen LogP contribution in [-0.4, -0.2) is 28.8 Å². The van der Waals surface area contributed by atoms with Crippen molar-refractivity contribution in [2.75, 3.05) is 0 Å². The summed E-state index contributed by atoms with van der Waals surface area (Å²) >= 11 is 0.940. The molecule has 0 saturated carbocycles. The molecule has 2 amide bonds. The Hall–Kier alpha value is -2.33. The molecule has 1 fully saturated rings. The number of rotatable bonds is 3. The largest absolute Gasteiger partial charge is 0.464 e. The van der Waals surface area contributed by atoms with Gasteiger partial charge in [-0.2, -0.15) is 13.2 Å². The Balaban J connectivity index is 2.14. The summed E-state index contributed by atoms with van der Waals surface area (Å²) in [5, 5.41) is 15.5. The van der Waals surface area contributed by atoms with Crippen LogP contribution in [0.15, 0.2) is 34.1 Å². The summed E-state index contributed by atoms with van der Waals surface area (Å²) in [7, 11) is 0. The first-order chi connectivity index (χ1) is 11.6. The van der Waals surface area contributed by atoms with E-state index in [-0.39, 0.29) is 10.6 Å². The second-order valence-corrected chi connectivity index (χ2v) is 6.56. The average molecular weight is 374 g/mol. The highest BCUT2D eigenvalue weighted by atomic mass is 32.1. The lowest BCUT2D eigenvalue weighted by Gasteiger charge is -2.44. The van der Waals surface area contributed by atoms with E-state index in [1.807, 2.05) is 0 Å². The van der Waals surface area contributed by atoms with E-state index >= 15 is 0 Å². The van der Waals surface area contributed by atoms with E-state index in [4.69, 9.17) is 4.42 Å². The Morgan fingerprint density at radius 3 is 2.60 bits per heavy atom. The van der Waals surface area contributed by atoms with Crippen molar-refractivity contribution in [3.05, 3.63) is 46.0 Å². The highest BCUT2D eigenvalue weighted by molar-refractivity contribution is 7.12. The summed E-state index contributed by atoms with van der Waals surface area (Å²) in [5.74, 6) is -2.68. The summed E-state index contributed by atoms with van der Waals surface area (Å²) < 4.78 is 46.0. The number of carbonyl (C=O) groups excluding carboxylic acids is 2. The van der Waals surface area contributed by atoms with E-state index in [9.17, 15) is 27.9 Å². The van der Waals surface area contributed by atoms with Gasteiger partial charge in [-0.15, -0.1) is 11.3 Å². The van der Waals surface area contributed by atoms with Crippen LogP contribution in [0.5, 0.6) is 0 Å². The van der Waals surface area contributed by atoms with Gasteiger partial charge in [0.05, 0.1) is 4.88 Å². The van der Waals surface area contributed by atoms with E-state index < -0.39 is 35.7 Å². The van der Waals surface area contributed by atoms with Crippen molar-refractivity contribution in [1.82, 2.24) is 10.6 Å². The van der Waals surface area contributed by atoms with Crippen molar-refractivity contribution in [3.63, 3.8) is 0 Å². The molecule has 0 aromatic carbocycles. The van der Waals surface area contributed by atoms with Crippen LogP contribution in [0.2, 0.25) is 0 Å². The van der Waals surface area contributed by atoms with Crippen LogP contribution in [-0.2, 0) is 0 Å². The van der Waals surface area contributed by atoms with Gasteiger partial charge in [0.2, 0.25) is 5.72 Å². The number of ketones is 1. The number of nitrogens with one attached hydrogen (secondary N) is 2. The minimum atomic E-state index is -5.28. The molecular formula is C15H13F3N2O4S. The van der Waals surface area contributed by atoms with Gasteiger partial charge >= 0.3 is 12.2 Å². The first-order valence-electron chi connectivity index (χ1n) is 7.15. The van der Waals surface area contributed by atoms with Gasteiger partial charge in [-0.05, 0) is 30.5 Å². The molecule has 2 aromatic rings. The maximum absolute atomic E-state index is 13.6. The van der Waals surface area contributed by atoms with E-state index in [2.05, 4.69) is 5.32 Å². The number of aryl methyl sites for hydroxylation is 1. The van der Waals surface area contributed by atoms with Gasteiger partial charge in [0.15, 0.2) is 5.78 Å². The lowest BCUT2D eigenvalue weighted by Crippen LogP contribution is -2.72. The molecule has 0 unspecified atom stereocenters. The third-order valence-corrected chi connectivity index (χ3v) is 4.80. The van der Waals surface area contributed by atoms with Crippen molar-refractivity contribution in [3.8, 4) is 0 Å². The standard InChI is InChI=1S/C15H13F3N2O4S/c1-7-4-5-8(24-7)11-10(12(21)9-3-2-6-25-9)14(23,15(16,17)18)20-13(22)19-11/h2-6,10-11,23H,1H3,(H2,19,20,22)/t10-,11+,14+/m0/s1. The van der Waals surface area contributed by atoms with Crippen LogP contribution in [0.1, 0.15) is 27.2 Å². The Morgan fingerprint density at radius 1 is 1.36 bits per heavy atom. The molecule has 0 radical (unpaired) electrons. The van der Waals surface area contributed by atoms with Gasteiger partial charge in [-0.3, -0.25) is 4.79 Å². The first-order valence-corrected chi connectivity index (χ1v) is 8.03. The SMILES string of the molecule is Cc1ccc([C@H]2NC(=O)N[C@](O)(C(F)(F)F)[C@@H]2C(=O)c2cccs2)o1. The van der Waals surface area contributed by atoms with Crippen LogP contribution in [0.25, 0.3) is 0 Å². The molecule has 3 heterocycles. The number of carbonyl (C=O) groups is 2. The van der Waals surface area contributed by atoms with Gasteiger partial charge in [0.1, 0.15) is 23.5 Å². The van der Waals surface area contributed by atoms with Crippen LogP contribution in [0.3, 0.4) is 0 Å². The lowest BCUT2D eigenvalue weighted by molar-refractivity contribution is -0.287. The number of halogens is 3. The van der Waals surface area contributed by atoms with Gasteiger partial charge in [0, 0.05) is 0 Å². The number of aliphatic hydroxyl groups is 1. The van der Waals surface area contributed by atoms with Crippen molar-refractivity contribution >= 4 is 23.2 Å². The Labute approximate surface area is 143 Å². The average Bonchev–Trinajstić information content (AvgIpc) is 3.16. The molecule has 3 atom stereocenters. The second-order valence-electron chi connectivity index (χ2n) is 5.61. The van der Waals surface area contributed by atoms with Crippen molar-refractivity contribution in [1.29, 1.82) is 0 Å². The van der Waals surface area contributed by atoms with E-state index in [0.717, 1.165) is 11.3 Å². The minimum absolute atomic E-state index is 0.0268. The van der Waals surface area contributed by atoms with Crippen LogP contribution in [0.4, 0.5) is 18.0 Å². The summed E-state index contributed by atoms with van der Waals surface area (Å²) in [5.41, 5.74) is -3.73. The highest BCUT2D eigenvalue weighted by Crippen LogP contribution is 2.44. The van der Waals surface area contributed by atoms with Crippen molar-refractivity contribution in [2.24, 2.45) is 5.92 Å². The number of urea groups is 1. The number of thiophene rings is 1. The van der Waals surface area contributed by atoms with Crippen LogP contribution >= 0.6 is 11.3 Å². The summed E-state index contributed by atoms with van der Waals surface area (Å²) in [6, 6.07) is 2.97. The number of hydrogen-bond acceptors (Lipinski definition) is 5. The fourth-order valence-electron chi connectivity index (χ4n) is 2.77. The number of furan rings is 1. The third-order valence-electron chi connectivity index (χ3n) is 3.92. The quantitative estimate of drug-likeness (QED) is 0.721. The Morgan fingerprint density at radius 2 is 2.08 bits per heavy atom. The van der Waals surface area contributed by atoms with Gasteiger partial charge < -0.3 is 20.2 Å². The molecule has 134 valence electrons. The fraction of sp³-hybridized carbons (Fsp3) is 0.333. The number of Topliss-reactive ketones (excluding diaryl/α,β-unsaturated/α-hetero) is 1. The molecular weight excluding hydrogens is 361 g/mol.